The molecule has 4 nitrogen and oxygen atoms in total. The van der Waals surface area contributed by atoms with Crippen molar-refractivity contribution in [3.8, 4) is 0 Å². The minimum absolute atomic E-state index is 0.131. The summed E-state index contributed by atoms with van der Waals surface area (Å²) in [5, 5.41) is 8.75. The second kappa shape index (κ2) is 3.90. The zero-order valence-corrected chi connectivity index (χ0v) is 9.74. The third-order valence-corrected chi connectivity index (χ3v) is 5.13. The lowest BCUT2D eigenvalue weighted by molar-refractivity contribution is 0.0697. The van der Waals surface area contributed by atoms with E-state index >= 15 is 0 Å². The van der Waals surface area contributed by atoms with Crippen LogP contribution in [0.15, 0.2) is 33.5 Å². The fraction of sp³-hybridized carbons (Fsp3) is 0.364. The highest BCUT2D eigenvalue weighted by atomic mass is 32.2. The van der Waals surface area contributed by atoms with Crippen molar-refractivity contribution in [2.45, 2.75) is 24.3 Å². The van der Waals surface area contributed by atoms with Crippen LogP contribution in [0.1, 0.15) is 23.7 Å². The minimum atomic E-state index is -2.29. The van der Waals surface area contributed by atoms with Crippen molar-refractivity contribution in [2.75, 3.05) is 5.75 Å². The molecule has 2 atom stereocenters. The quantitative estimate of drug-likeness (QED) is 0.858. The summed E-state index contributed by atoms with van der Waals surface area (Å²) in [7, 11) is -2.29. The summed E-state index contributed by atoms with van der Waals surface area (Å²) in [4.78, 5) is 11.3. The summed E-state index contributed by atoms with van der Waals surface area (Å²) in [6.45, 7) is 1.94. The molecule has 16 heavy (non-hydrogen) atoms. The van der Waals surface area contributed by atoms with E-state index in [9.17, 15) is 9.00 Å². The number of nitrogens with zero attached hydrogens (tertiary/aromatic N) is 1. The van der Waals surface area contributed by atoms with E-state index < -0.39 is 15.7 Å². The van der Waals surface area contributed by atoms with Crippen LogP contribution in [-0.4, -0.2) is 27.1 Å². The van der Waals surface area contributed by atoms with Crippen LogP contribution in [0.4, 0.5) is 0 Å². The van der Waals surface area contributed by atoms with Crippen molar-refractivity contribution in [1.82, 2.24) is 0 Å². The first kappa shape index (κ1) is 11.1. The Labute approximate surface area is 94.5 Å². The highest BCUT2D eigenvalue weighted by Crippen LogP contribution is 2.23. The minimum Gasteiger partial charge on any atom is -0.478 e. The van der Waals surface area contributed by atoms with Gasteiger partial charge in [0.2, 0.25) is 0 Å². The maximum Gasteiger partial charge on any atom is 0.335 e. The highest BCUT2D eigenvalue weighted by molar-refractivity contribution is 7.93. The van der Waals surface area contributed by atoms with Gasteiger partial charge in [0.25, 0.3) is 0 Å². The van der Waals surface area contributed by atoms with E-state index in [1.165, 1.54) is 12.1 Å². The molecule has 0 spiro atoms. The second-order valence-corrected chi connectivity index (χ2v) is 6.29. The summed E-state index contributed by atoms with van der Waals surface area (Å²) in [5.74, 6) is -0.404. The first-order valence-corrected chi connectivity index (χ1v) is 6.77. The number of carboxylic acids is 1. The van der Waals surface area contributed by atoms with Crippen molar-refractivity contribution in [2.24, 2.45) is 4.36 Å². The molecule has 1 aromatic rings. The Kier molecular flexibility index (Phi) is 2.71. The molecule has 0 fully saturated rings. The average molecular weight is 239 g/mol. The van der Waals surface area contributed by atoms with Crippen LogP contribution in [0.3, 0.4) is 0 Å². The van der Waals surface area contributed by atoms with E-state index in [4.69, 9.17) is 5.11 Å². The number of aromatic carboxylic acids is 1. The van der Waals surface area contributed by atoms with E-state index in [0.717, 1.165) is 6.42 Å². The molecule has 1 N–H and O–H groups in total. The Hall–Kier alpha value is -1.36. The molecule has 0 aromatic heterocycles. The Bertz CT molecular complexity index is 527. The molecule has 0 saturated heterocycles. The highest BCUT2D eigenvalue weighted by Gasteiger charge is 2.21. The van der Waals surface area contributed by atoms with Crippen LogP contribution in [0, 0.1) is 0 Å². The molecule has 0 bridgehead atoms. The van der Waals surface area contributed by atoms with Crippen LogP contribution >= 0.6 is 0 Å². The Morgan fingerprint density at radius 2 is 2.06 bits per heavy atom. The third kappa shape index (κ3) is 1.95. The van der Waals surface area contributed by atoms with Crippen molar-refractivity contribution in [3.63, 3.8) is 0 Å². The number of rotatable bonds is 2. The molecule has 5 heteroatoms. The average Bonchev–Trinajstić information content (AvgIpc) is 2.60. The largest absolute Gasteiger partial charge is 0.478 e. The molecule has 86 valence electrons. The fourth-order valence-corrected chi connectivity index (χ4v) is 4.09. The van der Waals surface area contributed by atoms with Gasteiger partial charge in [0, 0.05) is 10.6 Å². The number of hydrogen-bond acceptors (Lipinski definition) is 3. The topological polar surface area (TPSA) is 66.7 Å². The summed E-state index contributed by atoms with van der Waals surface area (Å²) in [6.07, 6.45) is 0.833. The number of benzene rings is 1. The normalized spacial score (nSPS) is 28.7. The lowest BCUT2D eigenvalue weighted by Gasteiger charge is -2.04. The van der Waals surface area contributed by atoms with E-state index in [-0.39, 0.29) is 11.6 Å². The predicted octanol–water partition coefficient (Wildman–Crippen LogP) is 2.00. The summed E-state index contributed by atoms with van der Waals surface area (Å²) in [6, 6.07) is 6.29. The summed E-state index contributed by atoms with van der Waals surface area (Å²) < 4.78 is 16.6. The van der Waals surface area contributed by atoms with Gasteiger partial charge in [-0.1, -0.05) is 0 Å². The second-order valence-electron chi connectivity index (χ2n) is 3.92. The fourth-order valence-electron chi connectivity index (χ4n) is 1.72. The van der Waals surface area contributed by atoms with Gasteiger partial charge in [0.15, 0.2) is 0 Å². The molecule has 2 rings (SSSR count). The third-order valence-electron chi connectivity index (χ3n) is 2.63. The lowest BCUT2D eigenvalue weighted by Crippen LogP contribution is -2.02. The van der Waals surface area contributed by atoms with Crippen molar-refractivity contribution in [1.29, 1.82) is 0 Å². The first-order chi connectivity index (χ1) is 7.51. The van der Waals surface area contributed by atoms with Gasteiger partial charge in [-0.25, -0.2) is 13.4 Å². The SMILES string of the molecule is CC1CCS(=O)(c2ccc(C(=O)O)cc2)=N1. The van der Waals surface area contributed by atoms with Gasteiger partial charge >= 0.3 is 5.97 Å². The summed E-state index contributed by atoms with van der Waals surface area (Å²) >= 11 is 0. The maximum atomic E-state index is 12.4. The molecule has 1 heterocycles. The van der Waals surface area contributed by atoms with E-state index in [0.29, 0.717) is 10.6 Å². The van der Waals surface area contributed by atoms with Crippen molar-refractivity contribution in [3.05, 3.63) is 29.8 Å². The van der Waals surface area contributed by atoms with Gasteiger partial charge in [-0.15, -0.1) is 0 Å². The zero-order chi connectivity index (χ0) is 11.8. The van der Waals surface area contributed by atoms with Crippen LogP contribution in [0.25, 0.3) is 0 Å². The smallest absolute Gasteiger partial charge is 0.335 e. The Morgan fingerprint density at radius 1 is 1.44 bits per heavy atom. The van der Waals surface area contributed by atoms with E-state index in [2.05, 4.69) is 4.36 Å². The molecule has 1 aliphatic heterocycles. The van der Waals surface area contributed by atoms with Gasteiger partial charge in [-0.2, -0.15) is 0 Å². The molecule has 0 saturated carbocycles. The number of hydrogen-bond donors (Lipinski definition) is 1. The van der Waals surface area contributed by atoms with E-state index in [1.807, 2.05) is 6.92 Å². The van der Waals surface area contributed by atoms with Gasteiger partial charge in [-0.05, 0) is 37.6 Å². The van der Waals surface area contributed by atoms with Crippen LogP contribution in [0.5, 0.6) is 0 Å². The van der Waals surface area contributed by atoms with Crippen LogP contribution in [0.2, 0.25) is 0 Å². The summed E-state index contributed by atoms with van der Waals surface area (Å²) in [5.41, 5.74) is 0.206. The van der Waals surface area contributed by atoms with Gasteiger partial charge in [0.1, 0.15) is 0 Å². The molecule has 0 aliphatic carbocycles. The predicted molar refractivity (Wildman–Crippen MR) is 61.2 cm³/mol. The van der Waals surface area contributed by atoms with Crippen molar-refractivity contribution >= 4 is 15.7 Å². The maximum absolute atomic E-state index is 12.4. The Balaban J connectivity index is 2.40. The molecular weight excluding hydrogens is 226 g/mol. The zero-order valence-electron chi connectivity index (χ0n) is 8.92. The Morgan fingerprint density at radius 3 is 2.50 bits per heavy atom. The number of carbonyl (C=O) groups is 1. The molecule has 0 amide bonds. The molecule has 2 unspecified atom stereocenters. The van der Waals surface area contributed by atoms with Gasteiger partial charge in [-0.3, -0.25) is 0 Å². The standard InChI is InChI=1S/C11H13NO3S/c1-8-6-7-16(15,12-8)10-4-2-9(3-5-10)11(13)14/h2-5,8H,6-7H2,1H3,(H,13,14). The lowest BCUT2D eigenvalue weighted by atomic mass is 10.2. The van der Waals surface area contributed by atoms with Crippen molar-refractivity contribution < 1.29 is 14.1 Å². The van der Waals surface area contributed by atoms with Crippen LogP contribution < -0.4 is 0 Å². The first-order valence-electron chi connectivity index (χ1n) is 5.08. The molecule has 1 aliphatic rings. The van der Waals surface area contributed by atoms with Crippen LogP contribution in [-0.2, 0) is 9.73 Å². The molecule has 1 aromatic carbocycles. The molecule has 0 radical (unpaired) electrons. The monoisotopic (exact) mass is 239 g/mol. The molecular formula is C11H13NO3S. The van der Waals surface area contributed by atoms with Gasteiger partial charge in [0.05, 0.1) is 21.3 Å². The number of carboxylic acid groups (broad SMARTS) is 1. The van der Waals surface area contributed by atoms with E-state index in [1.54, 1.807) is 12.1 Å². The van der Waals surface area contributed by atoms with Gasteiger partial charge < -0.3 is 5.11 Å².